The Balaban J connectivity index is 1.47. The van der Waals surface area contributed by atoms with Crippen molar-refractivity contribution < 1.29 is 19.0 Å². The molecule has 0 aliphatic carbocycles. The van der Waals surface area contributed by atoms with Crippen molar-refractivity contribution in [3.05, 3.63) is 53.1 Å². The number of thioether (sulfide) groups is 2. The fraction of sp³-hybridized carbons (Fsp3) is 0.273. The molecule has 2 aromatic carbocycles. The second-order valence-corrected chi connectivity index (χ2v) is 10.1. The SMILES string of the molecule is COc1cc(/C=N\NC(=O)CSc2nnc(SCc3ccc(C)cc3)s2)cc(OC)c1OC. The quantitative estimate of drug-likeness (QED) is 0.233. The van der Waals surface area contributed by atoms with Crippen LogP contribution in [0.2, 0.25) is 0 Å². The lowest BCUT2D eigenvalue weighted by molar-refractivity contribution is -0.118. The summed E-state index contributed by atoms with van der Waals surface area (Å²) in [6.45, 7) is 2.07. The van der Waals surface area contributed by atoms with E-state index in [1.165, 1.54) is 61.8 Å². The van der Waals surface area contributed by atoms with Crippen LogP contribution in [0, 0.1) is 6.92 Å². The maximum Gasteiger partial charge on any atom is 0.250 e. The number of hydrogen-bond donors (Lipinski definition) is 1. The zero-order chi connectivity index (χ0) is 23.6. The number of hydrazone groups is 1. The van der Waals surface area contributed by atoms with E-state index in [-0.39, 0.29) is 11.7 Å². The molecule has 3 aromatic rings. The van der Waals surface area contributed by atoms with Crippen molar-refractivity contribution in [3.63, 3.8) is 0 Å². The molecule has 0 fully saturated rings. The molecular weight excluding hydrogens is 480 g/mol. The van der Waals surface area contributed by atoms with Gasteiger partial charge in [-0.05, 0) is 24.6 Å². The van der Waals surface area contributed by atoms with Gasteiger partial charge in [0.2, 0.25) is 5.75 Å². The zero-order valence-electron chi connectivity index (χ0n) is 18.7. The van der Waals surface area contributed by atoms with E-state index >= 15 is 0 Å². The van der Waals surface area contributed by atoms with Gasteiger partial charge in [-0.1, -0.05) is 64.7 Å². The summed E-state index contributed by atoms with van der Waals surface area (Å²) in [6.07, 6.45) is 1.51. The van der Waals surface area contributed by atoms with Gasteiger partial charge in [0.15, 0.2) is 20.2 Å². The van der Waals surface area contributed by atoms with Crippen LogP contribution in [0.15, 0.2) is 50.2 Å². The molecule has 0 bridgehead atoms. The van der Waals surface area contributed by atoms with Crippen molar-refractivity contribution in [2.75, 3.05) is 27.1 Å². The fourth-order valence-corrected chi connectivity index (χ4v) is 5.43. The maximum atomic E-state index is 12.1. The van der Waals surface area contributed by atoms with E-state index in [1.807, 2.05) is 0 Å². The molecule has 1 amide bonds. The Labute approximate surface area is 205 Å². The lowest BCUT2D eigenvalue weighted by Gasteiger charge is -2.12. The van der Waals surface area contributed by atoms with Crippen LogP contribution in [0.5, 0.6) is 17.2 Å². The Morgan fingerprint density at radius 2 is 1.67 bits per heavy atom. The molecule has 1 N–H and O–H groups in total. The van der Waals surface area contributed by atoms with Crippen LogP contribution < -0.4 is 19.6 Å². The van der Waals surface area contributed by atoms with Gasteiger partial charge in [-0.15, -0.1) is 10.2 Å². The van der Waals surface area contributed by atoms with E-state index in [0.29, 0.717) is 22.8 Å². The number of benzene rings is 2. The van der Waals surface area contributed by atoms with E-state index in [1.54, 1.807) is 23.9 Å². The molecule has 174 valence electrons. The number of amides is 1. The molecule has 0 saturated heterocycles. The third-order valence-electron chi connectivity index (χ3n) is 4.29. The van der Waals surface area contributed by atoms with Gasteiger partial charge in [0, 0.05) is 11.3 Å². The van der Waals surface area contributed by atoms with Gasteiger partial charge < -0.3 is 14.2 Å². The number of rotatable bonds is 11. The molecule has 11 heteroatoms. The summed E-state index contributed by atoms with van der Waals surface area (Å²) in [5, 5.41) is 12.3. The van der Waals surface area contributed by atoms with Crippen molar-refractivity contribution in [3.8, 4) is 17.2 Å². The Morgan fingerprint density at radius 1 is 1.03 bits per heavy atom. The van der Waals surface area contributed by atoms with Gasteiger partial charge in [0.25, 0.3) is 5.91 Å². The predicted octanol–water partition coefficient (Wildman–Crippen LogP) is 4.41. The number of ether oxygens (including phenoxy) is 3. The first kappa shape index (κ1) is 24.9. The van der Waals surface area contributed by atoms with Crippen LogP contribution in [0.4, 0.5) is 0 Å². The van der Waals surface area contributed by atoms with Crippen LogP contribution in [0.1, 0.15) is 16.7 Å². The minimum atomic E-state index is -0.243. The maximum absolute atomic E-state index is 12.1. The van der Waals surface area contributed by atoms with Crippen LogP contribution in [0.25, 0.3) is 0 Å². The van der Waals surface area contributed by atoms with Crippen molar-refractivity contribution in [1.82, 2.24) is 15.6 Å². The third kappa shape index (κ3) is 7.37. The molecule has 8 nitrogen and oxygen atoms in total. The molecule has 0 aliphatic rings. The molecule has 0 saturated carbocycles. The highest BCUT2D eigenvalue weighted by molar-refractivity contribution is 8.03. The first-order chi connectivity index (χ1) is 16.0. The third-order valence-corrected chi connectivity index (χ3v) is 7.55. The average Bonchev–Trinajstić information content (AvgIpc) is 3.29. The summed E-state index contributed by atoms with van der Waals surface area (Å²) < 4.78 is 17.5. The Morgan fingerprint density at radius 3 is 2.27 bits per heavy atom. The monoisotopic (exact) mass is 504 g/mol. The van der Waals surface area contributed by atoms with Gasteiger partial charge in [0.1, 0.15) is 0 Å². The van der Waals surface area contributed by atoms with Crippen LogP contribution in [-0.2, 0) is 10.5 Å². The van der Waals surface area contributed by atoms with Crippen molar-refractivity contribution in [1.29, 1.82) is 0 Å². The summed E-state index contributed by atoms with van der Waals surface area (Å²) in [5.41, 5.74) is 5.68. The van der Waals surface area contributed by atoms with Gasteiger partial charge in [-0.25, -0.2) is 5.43 Å². The molecular formula is C22H24N4O4S3. The largest absolute Gasteiger partial charge is 0.493 e. The second-order valence-electron chi connectivity index (χ2n) is 6.65. The van der Waals surface area contributed by atoms with Crippen LogP contribution in [-0.4, -0.2) is 49.4 Å². The normalized spacial score (nSPS) is 10.9. The van der Waals surface area contributed by atoms with Gasteiger partial charge in [-0.2, -0.15) is 5.10 Å². The number of nitrogens with one attached hydrogen (secondary N) is 1. The summed E-state index contributed by atoms with van der Waals surface area (Å²) in [6, 6.07) is 11.9. The Hall–Kier alpha value is -2.76. The molecule has 33 heavy (non-hydrogen) atoms. The van der Waals surface area contributed by atoms with E-state index in [9.17, 15) is 4.79 Å². The molecule has 3 rings (SSSR count). The smallest absolute Gasteiger partial charge is 0.250 e. The second kappa shape index (κ2) is 12.5. The minimum Gasteiger partial charge on any atom is -0.493 e. The van der Waals surface area contributed by atoms with E-state index < -0.39 is 0 Å². The standard InChI is InChI=1S/C22H24N4O4S3/c1-14-5-7-15(8-6-14)12-31-21-25-26-22(33-21)32-13-19(27)24-23-11-16-9-17(28-2)20(30-4)18(10-16)29-3/h5-11H,12-13H2,1-4H3,(H,24,27)/b23-11-. The Bertz CT molecular complexity index is 1080. The van der Waals surface area contributed by atoms with Crippen molar-refractivity contribution >= 4 is 47.0 Å². The zero-order valence-corrected chi connectivity index (χ0v) is 21.1. The van der Waals surface area contributed by atoms with Crippen molar-refractivity contribution in [2.24, 2.45) is 5.10 Å². The molecule has 0 atom stereocenters. The van der Waals surface area contributed by atoms with E-state index in [0.717, 1.165) is 14.4 Å². The first-order valence-corrected chi connectivity index (χ1v) is 12.6. The first-order valence-electron chi connectivity index (χ1n) is 9.79. The molecule has 0 aliphatic heterocycles. The number of hydrogen-bond acceptors (Lipinski definition) is 10. The number of aromatic nitrogens is 2. The summed E-state index contributed by atoms with van der Waals surface area (Å²) in [4.78, 5) is 12.1. The lowest BCUT2D eigenvalue weighted by atomic mass is 10.2. The lowest BCUT2D eigenvalue weighted by Crippen LogP contribution is -2.19. The van der Waals surface area contributed by atoms with Crippen LogP contribution in [0.3, 0.4) is 0 Å². The summed E-state index contributed by atoms with van der Waals surface area (Å²) in [5.74, 6) is 2.28. The number of nitrogens with zero attached hydrogens (tertiary/aromatic N) is 3. The summed E-state index contributed by atoms with van der Waals surface area (Å²) >= 11 is 4.43. The van der Waals surface area contributed by atoms with E-state index in [4.69, 9.17) is 14.2 Å². The predicted molar refractivity (Wildman–Crippen MR) is 133 cm³/mol. The minimum absolute atomic E-state index is 0.184. The fourth-order valence-electron chi connectivity index (χ4n) is 2.66. The molecule has 1 aromatic heterocycles. The van der Waals surface area contributed by atoms with Crippen molar-refractivity contribution in [2.45, 2.75) is 21.4 Å². The molecule has 0 unspecified atom stereocenters. The van der Waals surface area contributed by atoms with Gasteiger partial charge >= 0.3 is 0 Å². The molecule has 1 heterocycles. The highest BCUT2D eigenvalue weighted by Crippen LogP contribution is 2.37. The molecule has 0 spiro atoms. The highest BCUT2D eigenvalue weighted by Gasteiger charge is 2.12. The topological polar surface area (TPSA) is 94.9 Å². The van der Waals surface area contributed by atoms with E-state index in [2.05, 4.69) is 51.9 Å². The summed E-state index contributed by atoms with van der Waals surface area (Å²) in [7, 11) is 4.62. The highest BCUT2D eigenvalue weighted by atomic mass is 32.2. The number of carbonyl (C=O) groups excluding carboxylic acids is 1. The number of methoxy groups -OCH3 is 3. The Kier molecular flexibility index (Phi) is 9.40. The van der Waals surface area contributed by atoms with Gasteiger partial charge in [-0.3, -0.25) is 4.79 Å². The molecule has 0 radical (unpaired) electrons. The number of aryl methyl sites for hydroxylation is 1. The number of carbonyl (C=O) groups is 1. The van der Waals surface area contributed by atoms with Gasteiger partial charge in [0.05, 0.1) is 33.3 Å². The van der Waals surface area contributed by atoms with Crippen LogP contribution >= 0.6 is 34.9 Å². The average molecular weight is 505 g/mol.